The van der Waals surface area contributed by atoms with Gasteiger partial charge in [0, 0.05) is 23.1 Å². The van der Waals surface area contributed by atoms with Gasteiger partial charge >= 0.3 is 11.3 Å². The molecule has 17 heavy (non-hydrogen) atoms. The molecule has 2 rings (SSSR count). The molecule has 0 amide bonds. The van der Waals surface area contributed by atoms with Crippen LogP contribution in [0, 0.1) is 24.0 Å². The summed E-state index contributed by atoms with van der Waals surface area (Å²) >= 11 is 0. The van der Waals surface area contributed by atoms with Crippen molar-refractivity contribution < 1.29 is 14.4 Å². The Morgan fingerprint density at radius 3 is 2.59 bits per heavy atom. The number of hydrogen-bond donors (Lipinski definition) is 1. The number of phenols is 1. The smallest absolute Gasteiger partial charge is 0.336 e. The lowest BCUT2D eigenvalue weighted by Crippen LogP contribution is -2.00. The first-order valence-corrected chi connectivity index (χ1v) is 4.83. The molecule has 0 spiro atoms. The molecular weight excluding hydrogens is 226 g/mol. The number of benzene rings is 1. The van der Waals surface area contributed by atoms with E-state index in [-0.39, 0.29) is 11.1 Å². The van der Waals surface area contributed by atoms with E-state index >= 15 is 0 Å². The van der Waals surface area contributed by atoms with Crippen molar-refractivity contribution in [2.45, 2.75) is 13.8 Å². The van der Waals surface area contributed by atoms with E-state index in [2.05, 4.69) is 0 Å². The van der Waals surface area contributed by atoms with Gasteiger partial charge in [0.05, 0.1) is 4.92 Å². The van der Waals surface area contributed by atoms with E-state index in [0.717, 1.165) is 0 Å². The van der Waals surface area contributed by atoms with Crippen LogP contribution in [0.2, 0.25) is 0 Å². The second kappa shape index (κ2) is 3.58. The van der Waals surface area contributed by atoms with E-state index in [9.17, 15) is 20.0 Å². The number of aryl methyl sites for hydroxylation is 2. The molecule has 0 radical (unpaired) electrons. The minimum absolute atomic E-state index is 0.179. The lowest BCUT2D eigenvalue weighted by molar-refractivity contribution is -0.385. The van der Waals surface area contributed by atoms with Gasteiger partial charge in [-0.15, -0.1) is 0 Å². The number of fused-ring (bicyclic) bond motifs is 1. The van der Waals surface area contributed by atoms with E-state index in [4.69, 9.17) is 4.42 Å². The van der Waals surface area contributed by atoms with Crippen LogP contribution in [0.5, 0.6) is 5.75 Å². The normalized spacial score (nSPS) is 10.7. The molecule has 0 unspecified atom stereocenters. The fraction of sp³-hybridized carbons (Fsp3) is 0.182. The highest BCUT2D eigenvalue weighted by Gasteiger charge is 2.20. The molecule has 88 valence electrons. The fourth-order valence-corrected chi connectivity index (χ4v) is 1.72. The summed E-state index contributed by atoms with van der Waals surface area (Å²) in [7, 11) is 0. The van der Waals surface area contributed by atoms with Crippen molar-refractivity contribution in [3.63, 3.8) is 0 Å². The lowest BCUT2D eigenvalue weighted by atomic mass is 10.1. The van der Waals surface area contributed by atoms with Crippen molar-refractivity contribution in [2.24, 2.45) is 0 Å². The van der Waals surface area contributed by atoms with Gasteiger partial charge in [-0.3, -0.25) is 10.1 Å². The number of nitrogens with zero attached hydrogens (tertiary/aromatic N) is 1. The maximum atomic E-state index is 11.2. The molecule has 0 saturated carbocycles. The molecule has 0 aliphatic rings. The van der Waals surface area contributed by atoms with Crippen LogP contribution in [0.3, 0.4) is 0 Å². The van der Waals surface area contributed by atoms with Crippen molar-refractivity contribution in [3.8, 4) is 5.75 Å². The summed E-state index contributed by atoms with van der Waals surface area (Å²) in [5.74, 6) is -0.476. The third kappa shape index (κ3) is 1.63. The summed E-state index contributed by atoms with van der Waals surface area (Å²) in [4.78, 5) is 21.3. The van der Waals surface area contributed by atoms with Crippen molar-refractivity contribution in [3.05, 3.63) is 43.8 Å². The van der Waals surface area contributed by atoms with E-state index in [1.54, 1.807) is 6.92 Å². The highest BCUT2D eigenvalue weighted by Crippen LogP contribution is 2.36. The topological polar surface area (TPSA) is 93.6 Å². The second-order valence-corrected chi connectivity index (χ2v) is 3.75. The molecule has 6 nitrogen and oxygen atoms in total. The van der Waals surface area contributed by atoms with Crippen LogP contribution in [0.25, 0.3) is 11.0 Å². The second-order valence-electron chi connectivity index (χ2n) is 3.75. The Balaban J connectivity index is 3.01. The van der Waals surface area contributed by atoms with Gasteiger partial charge in [0.15, 0.2) is 0 Å². The Morgan fingerprint density at radius 1 is 1.35 bits per heavy atom. The zero-order valence-corrected chi connectivity index (χ0v) is 9.18. The minimum atomic E-state index is -0.674. The van der Waals surface area contributed by atoms with Gasteiger partial charge in [0.2, 0.25) is 5.75 Å². The van der Waals surface area contributed by atoms with Gasteiger partial charge in [-0.05, 0) is 19.4 Å². The lowest BCUT2D eigenvalue weighted by Gasteiger charge is -2.05. The molecule has 0 aliphatic carbocycles. The number of nitro benzene ring substituents is 1. The summed E-state index contributed by atoms with van der Waals surface area (Å²) < 4.78 is 4.95. The molecule has 6 heteroatoms. The molecule has 1 N–H and O–H groups in total. The quantitative estimate of drug-likeness (QED) is 0.463. The monoisotopic (exact) mass is 235 g/mol. The van der Waals surface area contributed by atoms with Crippen molar-refractivity contribution in [2.75, 3.05) is 0 Å². The summed E-state index contributed by atoms with van der Waals surface area (Å²) in [5, 5.41) is 20.8. The molecule has 2 aromatic rings. The maximum Gasteiger partial charge on any atom is 0.336 e. The Morgan fingerprint density at radius 2 is 2.00 bits per heavy atom. The van der Waals surface area contributed by atoms with Gasteiger partial charge < -0.3 is 9.52 Å². The summed E-state index contributed by atoms with van der Waals surface area (Å²) in [6, 6.07) is 2.46. The van der Waals surface area contributed by atoms with Crippen LogP contribution < -0.4 is 5.63 Å². The average molecular weight is 235 g/mol. The maximum absolute atomic E-state index is 11.2. The molecule has 0 bridgehead atoms. The predicted molar refractivity (Wildman–Crippen MR) is 60.3 cm³/mol. The standard InChI is InChI=1S/C11H9NO5/c1-5-3-9(13)17-11-6(2)10(14)8(12(15)16)4-7(5)11/h3-4,14H,1-2H3. The van der Waals surface area contributed by atoms with Crippen LogP contribution in [0.4, 0.5) is 5.69 Å². The SMILES string of the molecule is Cc1cc(=O)oc2c(C)c(O)c([N+](=O)[O-])cc12. The number of aromatic hydroxyl groups is 1. The first-order chi connectivity index (χ1) is 7.91. The Kier molecular flexibility index (Phi) is 2.35. The molecular formula is C11H9NO5. The highest BCUT2D eigenvalue weighted by atomic mass is 16.6. The van der Waals surface area contributed by atoms with E-state index in [1.807, 2.05) is 0 Å². The van der Waals surface area contributed by atoms with Crippen LogP contribution in [0.1, 0.15) is 11.1 Å². The minimum Gasteiger partial charge on any atom is -0.502 e. The molecule has 0 aliphatic heterocycles. The van der Waals surface area contributed by atoms with Gasteiger partial charge in [0.25, 0.3) is 0 Å². The summed E-state index contributed by atoms with van der Waals surface area (Å²) in [6.45, 7) is 3.12. The van der Waals surface area contributed by atoms with E-state index < -0.39 is 22.0 Å². The molecule has 1 aromatic carbocycles. The Bertz CT molecular complexity index is 686. The first-order valence-electron chi connectivity index (χ1n) is 4.83. The third-order valence-electron chi connectivity index (χ3n) is 2.62. The van der Waals surface area contributed by atoms with Crippen molar-refractivity contribution in [1.82, 2.24) is 0 Å². The molecule has 0 atom stereocenters. The van der Waals surface area contributed by atoms with Crippen LogP contribution in [-0.2, 0) is 0 Å². The molecule has 0 saturated heterocycles. The van der Waals surface area contributed by atoms with E-state index in [0.29, 0.717) is 10.9 Å². The Labute approximate surface area is 95.3 Å². The number of phenolic OH excluding ortho intramolecular Hbond substituents is 1. The predicted octanol–water partition coefficient (Wildman–Crippen LogP) is 2.02. The van der Waals surface area contributed by atoms with Crippen LogP contribution >= 0.6 is 0 Å². The van der Waals surface area contributed by atoms with Crippen LogP contribution in [0.15, 0.2) is 21.3 Å². The highest BCUT2D eigenvalue weighted by molar-refractivity contribution is 5.88. The summed E-state index contributed by atoms with van der Waals surface area (Å²) in [6.07, 6.45) is 0. The number of hydrogen-bond acceptors (Lipinski definition) is 5. The zero-order chi connectivity index (χ0) is 12.7. The first kappa shape index (κ1) is 11.1. The van der Waals surface area contributed by atoms with Gasteiger partial charge in [-0.1, -0.05) is 0 Å². The van der Waals surface area contributed by atoms with Crippen molar-refractivity contribution in [1.29, 1.82) is 0 Å². The average Bonchev–Trinajstić information content (AvgIpc) is 2.23. The third-order valence-corrected chi connectivity index (χ3v) is 2.62. The van der Waals surface area contributed by atoms with E-state index in [1.165, 1.54) is 19.1 Å². The Hall–Kier alpha value is -2.37. The van der Waals surface area contributed by atoms with Gasteiger partial charge in [-0.2, -0.15) is 0 Å². The van der Waals surface area contributed by atoms with Gasteiger partial charge in [0.1, 0.15) is 5.58 Å². The van der Waals surface area contributed by atoms with Crippen molar-refractivity contribution >= 4 is 16.7 Å². The van der Waals surface area contributed by atoms with Crippen LogP contribution in [-0.4, -0.2) is 10.0 Å². The fourth-order valence-electron chi connectivity index (χ4n) is 1.72. The molecule has 0 fully saturated rings. The van der Waals surface area contributed by atoms with Gasteiger partial charge in [-0.25, -0.2) is 4.79 Å². The largest absolute Gasteiger partial charge is 0.502 e. The number of nitro groups is 1. The number of rotatable bonds is 1. The summed E-state index contributed by atoms with van der Waals surface area (Å²) in [5.41, 5.74) is -0.00569. The molecule has 1 heterocycles. The zero-order valence-electron chi connectivity index (χ0n) is 9.18. The molecule has 1 aromatic heterocycles.